The van der Waals surface area contributed by atoms with E-state index in [2.05, 4.69) is 28.9 Å². The van der Waals surface area contributed by atoms with E-state index in [9.17, 15) is 4.79 Å². The number of aromatic nitrogens is 2. The molecule has 0 radical (unpaired) electrons. The third-order valence-corrected chi connectivity index (χ3v) is 6.87. The standard InChI is InChI=1S/C25H35N3O4/c1-16-7-6-8-19(17(16)2)28(14-18-9-10-20-21(13-18)31-15-30-20)23(29)12-11-22-26-24(27-32-22)25(3,4)5/h9-10,13,16-17,19H,6-8,11-12,14-15H2,1-5H3. The predicted molar refractivity (Wildman–Crippen MR) is 120 cm³/mol. The maximum atomic E-state index is 13.5. The molecule has 174 valence electrons. The van der Waals surface area contributed by atoms with Crippen LogP contribution < -0.4 is 9.47 Å². The molecule has 1 saturated carbocycles. The Balaban J connectivity index is 1.50. The predicted octanol–water partition coefficient (Wildman–Crippen LogP) is 4.88. The molecule has 2 aromatic rings. The Labute approximate surface area is 190 Å². The number of ether oxygens (including phenoxy) is 2. The van der Waals surface area contributed by atoms with Gasteiger partial charge in [0.15, 0.2) is 17.3 Å². The van der Waals surface area contributed by atoms with E-state index in [1.807, 2.05) is 39.0 Å². The highest BCUT2D eigenvalue weighted by Gasteiger charge is 2.34. The van der Waals surface area contributed by atoms with E-state index in [1.54, 1.807) is 0 Å². The minimum atomic E-state index is -0.176. The van der Waals surface area contributed by atoms with Crippen molar-refractivity contribution in [1.82, 2.24) is 15.0 Å². The molecule has 2 aliphatic rings. The fourth-order valence-corrected chi connectivity index (χ4v) is 4.64. The normalized spacial score (nSPS) is 22.7. The molecule has 2 heterocycles. The van der Waals surface area contributed by atoms with Gasteiger partial charge in [0.25, 0.3) is 0 Å². The van der Waals surface area contributed by atoms with Crippen LogP contribution in [0.25, 0.3) is 0 Å². The van der Waals surface area contributed by atoms with Crippen molar-refractivity contribution in [2.75, 3.05) is 6.79 Å². The Hall–Kier alpha value is -2.57. The number of hydrogen-bond donors (Lipinski definition) is 0. The van der Waals surface area contributed by atoms with Gasteiger partial charge < -0.3 is 18.9 Å². The molecule has 1 aromatic heterocycles. The quantitative estimate of drug-likeness (QED) is 0.636. The number of fused-ring (bicyclic) bond motifs is 1. The molecule has 7 nitrogen and oxygen atoms in total. The number of rotatable bonds is 6. The van der Waals surface area contributed by atoms with Crippen LogP contribution in [-0.2, 0) is 23.2 Å². The minimum Gasteiger partial charge on any atom is -0.454 e. The molecule has 0 spiro atoms. The lowest BCUT2D eigenvalue weighted by atomic mass is 9.77. The van der Waals surface area contributed by atoms with Crippen LogP contribution in [0.2, 0.25) is 0 Å². The Kier molecular flexibility index (Phi) is 6.45. The number of hydrogen-bond acceptors (Lipinski definition) is 6. The maximum Gasteiger partial charge on any atom is 0.231 e. The van der Waals surface area contributed by atoms with E-state index in [4.69, 9.17) is 14.0 Å². The molecule has 32 heavy (non-hydrogen) atoms. The highest BCUT2D eigenvalue weighted by Crippen LogP contribution is 2.36. The summed E-state index contributed by atoms with van der Waals surface area (Å²) in [5.41, 5.74) is 0.881. The van der Waals surface area contributed by atoms with Crippen LogP contribution in [0.3, 0.4) is 0 Å². The van der Waals surface area contributed by atoms with E-state index in [0.29, 0.717) is 42.9 Å². The van der Waals surface area contributed by atoms with Crippen LogP contribution in [0, 0.1) is 11.8 Å². The van der Waals surface area contributed by atoms with Crippen molar-refractivity contribution in [2.45, 2.75) is 84.7 Å². The summed E-state index contributed by atoms with van der Waals surface area (Å²) in [7, 11) is 0. The first-order valence-corrected chi connectivity index (χ1v) is 11.7. The lowest BCUT2D eigenvalue weighted by molar-refractivity contribution is -0.136. The summed E-state index contributed by atoms with van der Waals surface area (Å²) in [5, 5.41) is 4.09. The summed E-state index contributed by atoms with van der Waals surface area (Å²) in [6.07, 6.45) is 4.22. The average molecular weight is 442 g/mol. The monoisotopic (exact) mass is 441 g/mol. The van der Waals surface area contributed by atoms with Crippen molar-refractivity contribution in [3.8, 4) is 11.5 Å². The van der Waals surface area contributed by atoms with E-state index in [-0.39, 0.29) is 24.2 Å². The first-order chi connectivity index (χ1) is 15.2. The van der Waals surface area contributed by atoms with Gasteiger partial charge in [-0.25, -0.2) is 0 Å². The van der Waals surface area contributed by atoms with Crippen molar-refractivity contribution in [3.05, 3.63) is 35.5 Å². The highest BCUT2D eigenvalue weighted by atomic mass is 16.7. The van der Waals surface area contributed by atoms with Crippen LogP contribution in [-0.4, -0.2) is 33.8 Å². The van der Waals surface area contributed by atoms with Crippen molar-refractivity contribution in [1.29, 1.82) is 0 Å². The van der Waals surface area contributed by atoms with Gasteiger partial charge >= 0.3 is 0 Å². The number of amides is 1. The first kappa shape index (κ1) is 22.6. The fraction of sp³-hybridized carbons (Fsp3) is 0.640. The zero-order chi connectivity index (χ0) is 22.9. The lowest BCUT2D eigenvalue weighted by Crippen LogP contribution is -2.47. The zero-order valence-electron chi connectivity index (χ0n) is 19.9. The zero-order valence-corrected chi connectivity index (χ0v) is 19.9. The molecule has 1 amide bonds. The lowest BCUT2D eigenvalue weighted by Gasteiger charge is -2.42. The molecule has 0 saturated heterocycles. The summed E-state index contributed by atoms with van der Waals surface area (Å²) < 4.78 is 16.4. The topological polar surface area (TPSA) is 77.7 Å². The molecule has 3 unspecified atom stereocenters. The van der Waals surface area contributed by atoms with E-state index in [1.165, 1.54) is 6.42 Å². The Morgan fingerprint density at radius 2 is 1.94 bits per heavy atom. The van der Waals surface area contributed by atoms with Crippen molar-refractivity contribution < 1.29 is 18.8 Å². The third kappa shape index (κ3) is 4.92. The van der Waals surface area contributed by atoms with Gasteiger partial charge in [0, 0.05) is 30.8 Å². The van der Waals surface area contributed by atoms with Gasteiger partial charge in [0.1, 0.15) is 0 Å². The number of aryl methyl sites for hydroxylation is 1. The molecule has 4 rings (SSSR count). The molecule has 7 heteroatoms. The van der Waals surface area contributed by atoms with E-state index in [0.717, 1.165) is 29.9 Å². The van der Waals surface area contributed by atoms with Crippen LogP contribution in [0.5, 0.6) is 11.5 Å². The third-order valence-electron chi connectivity index (χ3n) is 6.87. The highest BCUT2D eigenvalue weighted by molar-refractivity contribution is 5.76. The number of benzene rings is 1. The first-order valence-electron chi connectivity index (χ1n) is 11.7. The van der Waals surface area contributed by atoms with Crippen molar-refractivity contribution in [3.63, 3.8) is 0 Å². The Morgan fingerprint density at radius 1 is 1.16 bits per heavy atom. The van der Waals surface area contributed by atoms with E-state index >= 15 is 0 Å². The summed E-state index contributed by atoms with van der Waals surface area (Å²) in [6.45, 7) is 11.5. The van der Waals surface area contributed by atoms with Crippen LogP contribution in [0.1, 0.15) is 77.6 Å². The SMILES string of the molecule is CC1CCCC(N(Cc2ccc3c(c2)OCO3)C(=O)CCc2nc(C(C)(C)C)no2)C1C. The molecular formula is C25H35N3O4. The minimum absolute atomic E-state index is 0.129. The van der Waals surface area contributed by atoms with Gasteiger partial charge in [-0.05, 0) is 36.0 Å². The van der Waals surface area contributed by atoms with Gasteiger partial charge in [-0.15, -0.1) is 0 Å². The molecule has 1 fully saturated rings. The van der Waals surface area contributed by atoms with Crippen molar-refractivity contribution >= 4 is 5.91 Å². The summed E-state index contributed by atoms with van der Waals surface area (Å²) >= 11 is 0. The molecule has 0 bridgehead atoms. The summed E-state index contributed by atoms with van der Waals surface area (Å²) in [4.78, 5) is 20.1. The fourth-order valence-electron chi connectivity index (χ4n) is 4.64. The average Bonchev–Trinajstić information content (AvgIpc) is 3.41. The molecule has 1 aromatic carbocycles. The van der Waals surface area contributed by atoms with Crippen LogP contribution in [0.15, 0.2) is 22.7 Å². The second kappa shape index (κ2) is 9.12. The van der Waals surface area contributed by atoms with Gasteiger partial charge in [0.05, 0.1) is 0 Å². The Bertz CT molecular complexity index is 949. The van der Waals surface area contributed by atoms with Crippen molar-refractivity contribution in [2.24, 2.45) is 11.8 Å². The van der Waals surface area contributed by atoms with Gasteiger partial charge in [-0.3, -0.25) is 4.79 Å². The summed E-state index contributed by atoms with van der Waals surface area (Å²) in [5.74, 6) is 3.90. The largest absolute Gasteiger partial charge is 0.454 e. The smallest absolute Gasteiger partial charge is 0.231 e. The number of carbonyl (C=O) groups excluding carboxylic acids is 1. The molecule has 1 aliphatic carbocycles. The van der Waals surface area contributed by atoms with E-state index < -0.39 is 0 Å². The van der Waals surface area contributed by atoms with Crippen LogP contribution >= 0.6 is 0 Å². The maximum absolute atomic E-state index is 13.5. The second-order valence-electron chi connectivity index (χ2n) is 10.3. The summed E-state index contributed by atoms with van der Waals surface area (Å²) in [6, 6.07) is 6.18. The number of nitrogens with zero attached hydrogens (tertiary/aromatic N) is 3. The molecule has 3 atom stereocenters. The molecule has 1 aliphatic heterocycles. The van der Waals surface area contributed by atoms with Gasteiger partial charge in [-0.1, -0.05) is 58.7 Å². The van der Waals surface area contributed by atoms with Gasteiger partial charge in [0.2, 0.25) is 18.6 Å². The molecule has 0 N–H and O–H groups in total. The van der Waals surface area contributed by atoms with Gasteiger partial charge in [-0.2, -0.15) is 4.98 Å². The van der Waals surface area contributed by atoms with Crippen LogP contribution in [0.4, 0.5) is 0 Å². The Morgan fingerprint density at radius 3 is 2.69 bits per heavy atom. The second-order valence-corrected chi connectivity index (χ2v) is 10.3. The number of carbonyl (C=O) groups is 1. The molecular weight excluding hydrogens is 406 g/mol.